The van der Waals surface area contributed by atoms with Crippen molar-refractivity contribution in [3.05, 3.63) is 71.5 Å². The third-order valence-corrected chi connectivity index (χ3v) is 7.47. The van der Waals surface area contributed by atoms with E-state index in [1.54, 1.807) is 7.11 Å². The molecule has 0 aromatic heterocycles. The molecule has 0 radical (unpaired) electrons. The lowest BCUT2D eigenvalue weighted by atomic mass is 9.71. The SMILES string of the molecule is C=CC1CCC(C2CC=C(c3ccc(-c4ccc(OC)cc4)c(F)c3Cl)CC2)CC1. The molecule has 2 aromatic carbocycles. The fourth-order valence-electron chi connectivity index (χ4n) is 5.17. The number of hydrogen-bond acceptors (Lipinski definition) is 1. The minimum absolute atomic E-state index is 0.236. The summed E-state index contributed by atoms with van der Waals surface area (Å²) in [5.41, 5.74) is 3.37. The van der Waals surface area contributed by atoms with Crippen LogP contribution in [0, 0.1) is 23.6 Å². The molecule has 1 atom stereocenters. The zero-order chi connectivity index (χ0) is 21.1. The molecule has 3 heteroatoms. The van der Waals surface area contributed by atoms with Gasteiger partial charge in [-0.05, 0) is 91.5 Å². The zero-order valence-electron chi connectivity index (χ0n) is 17.7. The maximum Gasteiger partial charge on any atom is 0.150 e. The van der Waals surface area contributed by atoms with E-state index in [9.17, 15) is 0 Å². The Morgan fingerprint density at radius 1 is 0.967 bits per heavy atom. The molecule has 4 rings (SSSR count). The first-order valence-corrected chi connectivity index (χ1v) is 11.4. The van der Waals surface area contributed by atoms with E-state index in [2.05, 4.69) is 18.7 Å². The summed E-state index contributed by atoms with van der Waals surface area (Å²) in [6.45, 7) is 3.96. The summed E-state index contributed by atoms with van der Waals surface area (Å²) in [6.07, 6.45) is 12.9. The summed E-state index contributed by atoms with van der Waals surface area (Å²) in [6, 6.07) is 11.2. The molecule has 1 saturated carbocycles. The van der Waals surface area contributed by atoms with Gasteiger partial charge in [-0.15, -0.1) is 6.58 Å². The van der Waals surface area contributed by atoms with Crippen LogP contribution in [0.2, 0.25) is 5.02 Å². The van der Waals surface area contributed by atoms with Crippen LogP contribution in [0.4, 0.5) is 4.39 Å². The van der Waals surface area contributed by atoms with Gasteiger partial charge in [0.2, 0.25) is 0 Å². The van der Waals surface area contributed by atoms with Gasteiger partial charge in [-0.2, -0.15) is 0 Å². The van der Waals surface area contributed by atoms with E-state index in [-0.39, 0.29) is 10.8 Å². The van der Waals surface area contributed by atoms with Gasteiger partial charge in [-0.25, -0.2) is 4.39 Å². The van der Waals surface area contributed by atoms with E-state index >= 15 is 4.39 Å². The van der Waals surface area contributed by atoms with Gasteiger partial charge in [-0.3, -0.25) is 0 Å². The summed E-state index contributed by atoms with van der Waals surface area (Å²) in [5.74, 6) is 2.69. The zero-order valence-corrected chi connectivity index (χ0v) is 18.4. The highest BCUT2D eigenvalue weighted by atomic mass is 35.5. The van der Waals surface area contributed by atoms with Crippen molar-refractivity contribution in [2.24, 2.45) is 17.8 Å². The molecule has 30 heavy (non-hydrogen) atoms. The second kappa shape index (κ2) is 9.39. The summed E-state index contributed by atoms with van der Waals surface area (Å²) >= 11 is 6.51. The van der Waals surface area contributed by atoms with Crippen molar-refractivity contribution in [3.63, 3.8) is 0 Å². The van der Waals surface area contributed by atoms with Crippen LogP contribution >= 0.6 is 11.6 Å². The van der Waals surface area contributed by atoms with Crippen LogP contribution < -0.4 is 4.74 Å². The largest absolute Gasteiger partial charge is 0.497 e. The van der Waals surface area contributed by atoms with Gasteiger partial charge in [0.25, 0.3) is 0 Å². The molecule has 158 valence electrons. The highest BCUT2D eigenvalue weighted by molar-refractivity contribution is 6.32. The molecule has 0 spiro atoms. The molecule has 0 amide bonds. The summed E-state index contributed by atoms with van der Waals surface area (Å²) in [7, 11) is 1.62. The van der Waals surface area contributed by atoms with E-state index in [4.69, 9.17) is 16.3 Å². The molecule has 1 fully saturated rings. The number of hydrogen-bond donors (Lipinski definition) is 0. The molecule has 0 saturated heterocycles. The monoisotopic (exact) mass is 424 g/mol. The minimum atomic E-state index is -0.342. The van der Waals surface area contributed by atoms with E-state index in [1.165, 1.54) is 37.7 Å². The number of allylic oxidation sites excluding steroid dienone is 3. The van der Waals surface area contributed by atoms with Gasteiger partial charge in [-0.1, -0.05) is 48.0 Å². The number of rotatable bonds is 5. The molecular formula is C27H30ClFO. The highest BCUT2D eigenvalue weighted by Crippen LogP contribution is 2.43. The second-order valence-corrected chi connectivity index (χ2v) is 9.07. The van der Waals surface area contributed by atoms with Crippen molar-refractivity contribution < 1.29 is 9.13 Å². The number of methoxy groups -OCH3 is 1. The average Bonchev–Trinajstić information content (AvgIpc) is 2.81. The Balaban J connectivity index is 1.48. The van der Waals surface area contributed by atoms with Crippen LogP contribution in [0.3, 0.4) is 0 Å². The van der Waals surface area contributed by atoms with E-state index in [0.29, 0.717) is 11.5 Å². The Morgan fingerprint density at radius 3 is 2.27 bits per heavy atom. The van der Waals surface area contributed by atoms with Crippen molar-refractivity contribution in [3.8, 4) is 16.9 Å². The molecule has 0 N–H and O–H groups in total. The Hall–Kier alpha value is -2.06. The van der Waals surface area contributed by atoms with Crippen molar-refractivity contribution in [1.29, 1.82) is 0 Å². The first-order valence-electron chi connectivity index (χ1n) is 11.0. The van der Waals surface area contributed by atoms with Crippen LogP contribution in [0.1, 0.15) is 50.5 Å². The Bertz CT molecular complexity index is 923. The van der Waals surface area contributed by atoms with Crippen LogP contribution in [-0.4, -0.2) is 7.11 Å². The lowest BCUT2D eigenvalue weighted by molar-refractivity contribution is 0.212. The summed E-state index contributed by atoms with van der Waals surface area (Å²) in [4.78, 5) is 0. The lowest BCUT2D eigenvalue weighted by Gasteiger charge is -2.34. The van der Waals surface area contributed by atoms with Crippen molar-refractivity contribution in [2.75, 3.05) is 7.11 Å². The maximum absolute atomic E-state index is 15.1. The predicted octanol–water partition coefficient (Wildman–Crippen LogP) is 8.33. The van der Waals surface area contributed by atoms with Crippen molar-refractivity contribution in [1.82, 2.24) is 0 Å². The van der Waals surface area contributed by atoms with Crippen molar-refractivity contribution >= 4 is 17.2 Å². The maximum atomic E-state index is 15.1. The normalized spacial score (nSPS) is 24.2. The molecule has 0 heterocycles. The smallest absolute Gasteiger partial charge is 0.150 e. The first-order chi connectivity index (χ1) is 14.6. The van der Waals surface area contributed by atoms with E-state index in [0.717, 1.165) is 41.6 Å². The van der Waals surface area contributed by atoms with Gasteiger partial charge < -0.3 is 4.74 Å². The molecule has 0 bridgehead atoms. The molecule has 2 aromatic rings. The van der Waals surface area contributed by atoms with Crippen LogP contribution in [0.5, 0.6) is 5.75 Å². The first kappa shape index (κ1) is 21.2. The van der Waals surface area contributed by atoms with Crippen LogP contribution in [0.15, 0.2) is 55.1 Å². The van der Waals surface area contributed by atoms with Crippen LogP contribution in [-0.2, 0) is 0 Å². The molecule has 1 nitrogen and oxygen atoms in total. The number of halogens is 2. The fourth-order valence-corrected chi connectivity index (χ4v) is 5.46. The van der Waals surface area contributed by atoms with E-state index < -0.39 is 0 Å². The molecular weight excluding hydrogens is 395 g/mol. The number of ether oxygens (including phenoxy) is 1. The Kier molecular flexibility index (Phi) is 6.63. The van der Waals surface area contributed by atoms with Crippen LogP contribution in [0.25, 0.3) is 16.7 Å². The fraction of sp³-hybridized carbons (Fsp3) is 0.407. The van der Waals surface area contributed by atoms with E-state index in [1.807, 2.05) is 36.4 Å². The van der Waals surface area contributed by atoms with Gasteiger partial charge >= 0.3 is 0 Å². The molecule has 1 unspecified atom stereocenters. The Morgan fingerprint density at radius 2 is 1.67 bits per heavy atom. The van der Waals surface area contributed by atoms with Gasteiger partial charge in [0, 0.05) is 5.56 Å². The molecule has 2 aliphatic rings. The third-order valence-electron chi connectivity index (χ3n) is 7.10. The quantitative estimate of drug-likeness (QED) is 0.438. The highest BCUT2D eigenvalue weighted by Gasteiger charge is 2.28. The third kappa shape index (κ3) is 4.34. The molecule has 2 aliphatic carbocycles. The lowest BCUT2D eigenvalue weighted by Crippen LogP contribution is -2.22. The second-order valence-electron chi connectivity index (χ2n) is 8.69. The number of benzene rings is 2. The van der Waals surface area contributed by atoms with Crippen molar-refractivity contribution in [2.45, 2.75) is 44.9 Å². The van der Waals surface area contributed by atoms with Gasteiger partial charge in [0.1, 0.15) is 11.6 Å². The standard InChI is InChI=1S/C27H30ClFO/c1-3-18-4-6-19(7-5-18)20-8-10-21(11-9-20)24-16-17-25(27(29)26(24)28)22-12-14-23(30-2)15-13-22/h3,10,12-20H,1,4-9,11H2,2H3. The summed E-state index contributed by atoms with van der Waals surface area (Å²) < 4.78 is 20.3. The predicted molar refractivity (Wildman–Crippen MR) is 124 cm³/mol. The summed E-state index contributed by atoms with van der Waals surface area (Å²) in [5, 5.41) is 0.236. The molecule has 0 aliphatic heterocycles. The topological polar surface area (TPSA) is 9.23 Å². The van der Waals surface area contributed by atoms with Gasteiger partial charge in [0.05, 0.1) is 12.1 Å². The Labute approximate surface area is 184 Å². The minimum Gasteiger partial charge on any atom is -0.497 e. The average molecular weight is 425 g/mol. The van der Waals surface area contributed by atoms with Gasteiger partial charge in [0.15, 0.2) is 0 Å².